The molecule has 2 rings (SSSR count). The van der Waals surface area contributed by atoms with E-state index >= 15 is 0 Å². The molecule has 2 amide bonds. The maximum atomic E-state index is 12.3. The molecule has 1 N–H and O–H groups in total. The fourth-order valence-corrected chi connectivity index (χ4v) is 2.09. The lowest BCUT2D eigenvalue weighted by Gasteiger charge is -2.33. The molecule has 1 aromatic rings. The van der Waals surface area contributed by atoms with E-state index in [0.717, 1.165) is 6.42 Å². The summed E-state index contributed by atoms with van der Waals surface area (Å²) in [6.07, 6.45) is 0.677. The summed E-state index contributed by atoms with van der Waals surface area (Å²) in [7, 11) is 0. The first kappa shape index (κ1) is 13.5. The molecule has 0 bridgehead atoms. The molecule has 5 nitrogen and oxygen atoms in total. The molecule has 1 heterocycles. The first-order chi connectivity index (χ1) is 9.08. The summed E-state index contributed by atoms with van der Waals surface area (Å²) in [5.74, 6) is -0.168. The molecule has 102 valence electrons. The van der Waals surface area contributed by atoms with E-state index < -0.39 is 0 Å². The van der Waals surface area contributed by atoms with Crippen LogP contribution in [0.25, 0.3) is 0 Å². The molecule has 1 aliphatic heterocycles. The Morgan fingerprint density at radius 1 is 1.32 bits per heavy atom. The van der Waals surface area contributed by atoms with Crippen LogP contribution in [0.3, 0.4) is 0 Å². The van der Waals surface area contributed by atoms with Crippen LogP contribution in [0.2, 0.25) is 0 Å². The van der Waals surface area contributed by atoms with Gasteiger partial charge >= 0.3 is 0 Å². The fraction of sp³-hybridized carbons (Fsp3) is 0.429. The SMILES string of the molecule is CC(=O)Nc1ccc(C(=O)N2CCCOC2C)cc1. The molecule has 1 aliphatic rings. The van der Waals surface area contributed by atoms with Crippen LogP contribution in [-0.4, -0.2) is 36.1 Å². The van der Waals surface area contributed by atoms with Gasteiger partial charge in [0.2, 0.25) is 5.91 Å². The van der Waals surface area contributed by atoms with Crippen LogP contribution in [0.5, 0.6) is 0 Å². The van der Waals surface area contributed by atoms with Crippen molar-refractivity contribution in [1.29, 1.82) is 0 Å². The van der Waals surface area contributed by atoms with Gasteiger partial charge in [-0.05, 0) is 37.6 Å². The van der Waals surface area contributed by atoms with Gasteiger partial charge in [-0.2, -0.15) is 0 Å². The molecule has 0 aromatic heterocycles. The average Bonchev–Trinajstić information content (AvgIpc) is 2.39. The zero-order valence-electron chi connectivity index (χ0n) is 11.2. The highest BCUT2D eigenvalue weighted by Gasteiger charge is 2.24. The van der Waals surface area contributed by atoms with E-state index in [1.807, 2.05) is 6.92 Å². The molecular weight excluding hydrogens is 244 g/mol. The van der Waals surface area contributed by atoms with E-state index in [-0.39, 0.29) is 18.0 Å². The Labute approximate surface area is 112 Å². The zero-order valence-corrected chi connectivity index (χ0v) is 11.2. The van der Waals surface area contributed by atoms with Crippen molar-refractivity contribution in [3.05, 3.63) is 29.8 Å². The van der Waals surface area contributed by atoms with Crippen molar-refractivity contribution in [2.45, 2.75) is 26.5 Å². The quantitative estimate of drug-likeness (QED) is 0.885. The van der Waals surface area contributed by atoms with Crippen molar-refractivity contribution < 1.29 is 14.3 Å². The third kappa shape index (κ3) is 3.32. The van der Waals surface area contributed by atoms with Crippen LogP contribution in [-0.2, 0) is 9.53 Å². The summed E-state index contributed by atoms with van der Waals surface area (Å²) in [6.45, 7) is 4.74. The molecule has 0 spiro atoms. The van der Waals surface area contributed by atoms with Crippen LogP contribution in [0, 0.1) is 0 Å². The minimum absolute atomic E-state index is 0.0402. The largest absolute Gasteiger partial charge is 0.359 e. The normalized spacial score (nSPS) is 19.1. The van der Waals surface area contributed by atoms with Gasteiger partial charge in [0.15, 0.2) is 0 Å². The summed E-state index contributed by atoms with van der Waals surface area (Å²) in [5.41, 5.74) is 1.29. The van der Waals surface area contributed by atoms with E-state index in [4.69, 9.17) is 4.74 Å². The lowest BCUT2D eigenvalue weighted by molar-refractivity contribution is -0.114. The number of hydrogen-bond acceptors (Lipinski definition) is 3. The first-order valence-electron chi connectivity index (χ1n) is 6.38. The smallest absolute Gasteiger partial charge is 0.255 e. The summed E-state index contributed by atoms with van der Waals surface area (Å²) >= 11 is 0. The minimum atomic E-state index is -0.184. The molecule has 1 aromatic carbocycles. The molecule has 1 unspecified atom stereocenters. The van der Waals surface area contributed by atoms with Gasteiger partial charge < -0.3 is 15.0 Å². The summed E-state index contributed by atoms with van der Waals surface area (Å²) < 4.78 is 5.46. The van der Waals surface area contributed by atoms with Crippen LogP contribution >= 0.6 is 0 Å². The first-order valence-corrected chi connectivity index (χ1v) is 6.38. The van der Waals surface area contributed by atoms with Gasteiger partial charge in [-0.15, -0.1) is 0 Å². The molecular formula is C14H18N2O3. The number of carbonyl (C=O) groups excluding carboxylic acids is 2. The Hall–Kier alpha value is -1.88. The Balaban J connectivity index is 2.08. The lowest BCUT2D eigenvalue weighted by atomic mass is 10.1. The number of hydrogen-bond donors (Lipinski definition) is 1. The van der Waals surface area contributed by atoms with Crippen molar-refractivity contribution in [2.24, 2.45) is 0 Å². The molecule has 1 atom stereocenters. The topological polar surface area (TPSA) is 58.6 Å². The second-order valence-electron chi connectivity index (χ2n) is 4.58. The Morgan fingerprint density at radius 3 is 2.58 bits per heavy atom. The fourth-order valence-electron chi connectivity index (χ4n) is 2.09. The average molecular weight is 262 g/mol. The zero-order chi connectivity index (χ0) is 13.8. The Kier molecular flexibility index (Phi) is 4.16. The van der Waals surface area contributed by atoms with Gasteiger partial charge in [0, 0.05) is 24.7 Å². The van der Waals surface area contributed by atoms with Crippen molar-refractivity contribution in [3.8, 4) is 0 Å². The Morgan fingerprint density at radius 2 is 2.00 bits per heavy atom. The molecule has 0 saturated carbocycles. The van der Waals surface area contributed by atoms with Gasteiger partial charge in [-0.25, -0.2) is 0 Å². The van der Waals surface area contributed by atoms with Crippen LogP contribution < -0.4 is 5.32 Å². The summed E-state index contributed by atoms with van der Waals surface area (Å²) in [6, 6.07) is 6.89. The van der Waals surface area contributed by atoms with Crippen LogP contribution in [0.15, 0.2) is 24.3 Å². The monoisotopic (exact) mass is 262 g/mol. The minimum Gasteiger partial charge on any atom is -0.359 e. The Bertz CT molecular complexity index is 470. The number of anilines is 1. The number of nitrogens with one attached hydrogen (secondary N) is 1. The highest BCUT2D eigenvalue weighted by atomic mass is 16.5. The molecule has 0 radical (unpaired) electrons. The summed E-state index contributed by atoms with van der Waals surface area (Å²) in [4.78, 5) is 24.9. The maximum absolute atomic E-state index is 12.3. The third-order valence-electron chi connectivity index (χ3n) is 3.05. The van der Waals surface area contributed by atoms with Crippen LogP contribution in [0.4, 0.5) is 5.69 Å². The third-order valence-corrected chi connectivity index (χ3v) is 3.05. The van der Waals surface area contributed by atoms with Gasteiger partial charge in [0.05, 0.1) is 6.61 Å². The van der Waals surface area contributed by atoms with E-state index in [1.54, 1.807) is 29.2 Å². The lowest BCUT2D eigenvalue weighted by Crippen LogP contribution is -2.44. The van der Waals surface area contributed by atoms with Gasteiger partial charge in [-0.3, -0.25) is 9.59 Å². The molecule has 0 aliphatic carbocycles. The predicted octanol–water partition coefficient (Wildman–Crippen LogP) is 1.85. The highest BCUT2D eigenvalue weighted by Crippen LogP contribution is 2.16. The molecule has 1 saturated heterocycles. The second kappa shape index (κ2) is 5.84. The highest BCUT2D eigenvalue weighted by molar-refractivity contribution is 5.95. The number of ether oxygens (including phenoxy) is 1. The molecule has 19 heavy (non-hydrogen) atoms. The van der Waals surface area contributed by atoms with E-state index in [0.29, 0.717) is 24.4 Å². The van der Waals surface area contributed by atoms with Crippen molar-refractivity contribution in [1.82, 2.24) is 4.90 Å². The van der Waals surface area contributed by atoms with Gasteiger partial charge in [-0.1, -0.05) is 0 Å². The van der Waals surface area contributed by atoms with Gasteiger partial charge in [0.1, 0.15) is 6.23 Å². The number of carbonyl (C=O) groups is 2. The van der Waals surface area contributed by atoms with E-state index in [2.05, 4.69) is 5.32 Å². The van der Waals surface area contributed by atoms with Crippen molar-refractivity contribution in [2.75, 3.05) is 18.5 Å². The molecule has 1 fully saturated rings. The molecule has 5 heteroatoms. The van der Waals surface area contributed by atoms with E-state index in [9.17, 15) is 9.59 Å². The number of rotatable bonds is 2. The van der Waals surface area contributed by atoms with E-state index in [1.165, 1.54) is 6.92 Å². The predicted molar refractivity (Wildman–Crippen MR) is 71.8 cm³/mol. The standard InChI is InChI=1S/C14H18N2O3/c1-10(17)15-13-6-4-12(5-7-13)14(18)16-8-3-9-19-11(16)2/h4-7,11H,3,8-9H2,1-2H3,(H,15,17). The van der Waals surface area contributed by atoms with Crippen molar-refractivity contribution >= 4 is 17.5 Å². The summed E-state index contributed by atoms with van der Waals surface area (Å²) in [5, 5.41) is 2.67. The number of amides is 2. The van der Waals surface area contributed by atoms with Crippen LogP contribution in [0.1, 0.15) is 30.6 Å². The second-order valence-corrected chi connectivity index (χ2v) is 4.58. The number of nitrogens with zero attached hydrogens (tertiary/aromatic N) is 1. The number of benzene rings is 1. The van der Waals surface area contributed by atoms with Gasteiger partial charge in [0.25, 0.3) is 5.91 Å². The maximum Gasteiger partial charge on any atom is 0.255 e. The van der Waals surface area contributed by atoms with Crippen molar-refractivity contribution in [3.63, 3.8) is 0 Å².